The summed E-state index contributed by atoms with van der Waals surface area (Å²) >= 11 is 0. The number of aromatic nitrogens is 4. The van der Waals surface area contributed by atoms with Crippen molar-refractivity contribution in [1.29, 1.82) is 0 Å². The van der Waals surface area contributed by atoms with Gasteiger partial charge in [0.25, 0.3) is 11.5 Å². The standard InChI is InChI=1S/C18H19N5O2/c1-11-5-4-6-13(9-11)15-8-7-14(18(25)21-15)17(24)20-12(2)16-22-19-10-23(16)3/h4-10,12H,1-3H3,(H,20,24)(H,21,25)/t12-/m0/s1. The highest BCUT2D eigenvalue weighted by atomic mass is 16.2. The molecule has 1 amide bonds. The quantitative estimate of drug-likeness (QED) is 0.761. The second kappa shape index (κ2) is 6.72. The number of aromatic amines is 1. The Bertz CT molecular complexity index is 973. The zero-order valence-electron chi connectivity index (χ0n) is 14.3. The first-order chi connectivity index (χ1) is 12.0. The van der Waals surface area contributed by atoms with Gasteiger partial charge < -0.3 is 14.9 Å². The van der Waals surface area contributed by atoms with Gasteiger partial charge in [0.2, 0.25) is 0 Å². The number of benzene rings is 1. The molecular weight excluding hydrogens is 318 g/mol. The Morgan fingerprint density at radius 3 is 2.72 bits per heavy atom. The summed E-state index contributed by atoms with van der Waals surface area (Å²) in [4.78, 5) is 27.5. The van der Waals surface area contributed by atoms with Crippen molar-refractivity contribution in [1.82, 2.24) is 25.1 Å². The molecule has 1 atom stereocenters. The summed E-state index contributed by atoms with van der Waals surface area (Å²) in [5.41, 5.74) is 2.30. The highest BCUT2D eigenvalue weighted by Gasteiger charge is 2.17. The molecule has 0 saturated heterocycles. The summed E-state index contributed by atoms with van der Waals surface area (Å²) in [5, 5.41) is 10.5. The molecule has 0 aliphatic heterocycles. The van der Waals surface area contributed by atoms with Crippen LogP contribution in [0, 0.1) is 6.92 Å². The average molecular weight is 337 g/mol. The van der Waals surface area contributed by atoms with E-state index >= 15 is 0 Å². The van der Waals surface area contributed by atoms with Gasteiger partial charge in [0.15, 0.2) is 5.82 Å². The van der Waals surface area contributed by atoms with Gasteiger partial charge in [-0.1, -0.05) is 23.8 Å². The van der Waals surface area contributed by atoms with Crippen molar-refractivity contribution in [2.24, 2.45) is 7.05 Å². The summed E-state index contributed by atoms with van der Waals surface area (Å²) in [6.45, 7) is 3.77. The Kier molecular flexibility index (Phi) is 4.47. The lowest BCUT2D eigenvalue weighted by Gasteiger charge is -2.13. The third kappa shape index (κ3) is 3.50. The number of hydrogen-bond acceptors (Lipinski definition) is 4. The Morgan fingerprint density at radius 2 is 2.08 bits per heavy atom. The molecule has 7 nitrogen and oxygen atoms in total. The van der Waals surface area contributed by atoms with Crippen LogP contribution in [0.5, 0.6) is 0 Å². The number of nitrogens with zero attached hydrogens (tertiary/aromatic N) is 3. The van der Waals surface area contributed by atoms with Crippen LogP contribution < -0.4 is 10.9 Å². The molecule has 0 aliphatic carbocycles. The van der Waals surface area contributed by atoms with Gasteiger partial charge in [-0.25, -0.2) is 0 Å². The second-order valence-corrected chi connectivity index (χ2v) is 5.98. The van der Waals surface area contributed by atoms with E-state index in [-0.39, 0.29) is 11.6 Å². The van der Waals surface area contributed by atoms with Gasteiger partial charge in [-0.2, -0.15) is 0 Å². The molecule has 0 bridgehead atoms. The van der Waals surface area contributed by atoms with Crippen LogP contribution >= 0.6 is 0 Å². The highest BCUT2D eigenvalue weighted by molar-refractivity contribution is 5.94. The number of rotatable bonds is 4. The van der Waals surface area contributed by atoms with Gasteiger partial charge in [-0.15, -0.1) is 10.2 Å². The van der Waals surface area contributed by atoms with Gasteiger partial charge in [-0.3, -0.25) is 9.59 Å². The summed E-state index contributed by atoms with van der Waals surface area (Å²) < 4.78 is 1.72. The van der Waals surface area contributed by atoms with Crippen molar-refractivity contribution in [3.63, 3.8) is 0 Å². The van der Waals surface area contributed by atoms with Crippen molar-refractivity contribution >= 4 is 5.91 Å². The van der Waals surface area contributed by atoms with Crippen molar-refractivity contribution in [2.75, 3.05) is 0 Å². The molecule has 2 heterocycles. The number of H-pyrrole nitrogens is 1. The molecule has 0 fully saturated rings. The molecular formula is C18H19N5O2. The van der Waals surface area contributed by atoms with Gasteiger partial charge >= 0.3 is 0 Å². The van der Waals surface area contributed by atoms with Crippen LogP contribution in [0.4, 0.5) is 0 Å². The van der Waals surface area contributed by atoms with Crippen LogP contribution in [0.2, 0.25) is 0 Å². The van der Waals surface area contributed by atoms with E-state index < -0.39 is 11.5 Å². The number of pyridine rings is 1. The third-order valence-electron chi connectivity index (χ3n) is 3.96. The van der Waals surface area contributed by atoms with Crippen LogP contribution in [0.1, 0.15) is 34.7 Å². The molecule has 7 heteroatoms. The first-order valence-corrected chi connectivity index (χ1v) is 7.91. The maximum absolute atomic E-state index is 12.4. The van der Waals surface area contributed by atoms with Crippen molar-refractivity contribution in [3.05, 3.63) is 70.0 Å². The average Bonchev–Trinajstić information content (AvgIpc) is 3.00. The van der Waals surface area contributed by atoms with Crippen molar-refractivity contribution < 1.29 is 4.79 Å². The molecule has 0 radical (unpaired) electrons. The summed E-state index contributed by atoms with van der Waals surface area (Å²) in [6.07, 6.45) is 1.56. The van der Waals surface area contributed by atoms with E-state index in [2.05, 4.69) is 20.5 Å². The minimum atomic E-state index is -0.451. The van der Waals surface area contributed by atoms with Crippen LogP contribution in [0.25, 0.3) is 11.3 Å². The van der Waals surface area contributed by atoms with Gasteiger partial charge in [0.05, 0.1) is 6.04 Å². The van der Waals surface area contributed by atoms with Crippen LogP contribution in [0.15, 0.2) is 47.5 Å². The normalized spacial score (nSPS) is 12.0. The van der Waals surface area contributed by atoms with E-state index in [1.807, 2.05) is 31.2 Å². The van der Waals surface area contributed by atoms with Crippen molar-refractivity contribution in [2.45, 2.75) is 19.9 Å². The fraction of sp³-hybridized carbons (Fsp3) is 0.222. The van der Waals surface area contributed by atoms with E-state index in [1.165, 1.54) is 6.07 Å². The summed E-state index contributed by atoms with van der Waals surface area (Å²) in [6, 6.07) is 10.7. The molecule has 0 aliphatic rings. The summed E-state index contributed by atoms with van der Waals surface area (Å²) in [5.74, 6) is 0.161. The van der Waals surface area contributed by atoms with Crippen molar-refractivity contribution in [3.8, 4) is 11.3 Å². The van der Waals surface area contributed by atoms with Gasteiger partial charge in [0, 0.05) is 12.7 Å². The predicted octanol–water partition coefficient (Wildman–Crippen LogP) is 1.97. The number of nitrogens with one attached hydrogen (secondary N) is 2. The fourth-order valence-electron chi connectivity index (χ4n) is 2.66. The maximum atomic E-state index is 12.4. The number of aryl methyl sites for hydroxylation is 2. The largest absolute Gasteiger partial charge is 0.342 e. The van der Waals surface area contributed by atoms with Gasteiger partial charge in [0.1, 0.15) is 11.9 Å². The second-order valence-electron chi connectivity index (χ2n) is 5.98. The lowest BCUT2D eigenvalue weighted by molar-refractivity contribution is 0.0936. The molecule has 0 unspecified atom stereocenters. The number of carbonyl (C=O) groups is 1. The Labute approximate surface area is 144 Å². The SMILES string of the molecule is Cc1cccc(-c2ccc(C(=O)N[C@@H](C)c3nncn3C)c(=O)[nH]2)c1. The minimum Gasteiger partial charge on any atom is -0.342 e. The number of hydrogen-bond donors (Lipinski definition) is 2. The fourth-order valence-corrected chi connectivity index (χ4v) is 2.66. The number of amides is 1. The molecule has 3 aromatic rings. The molecule has 128 valence electrons. The Balaban J connectivity index is 1.82. The lowest BCUT2D eigenvalue weighted by Crippen LogP contribution is -2.32. The van der Waals surface area contributed by atoms with E-state index in [1.54, 1.807) is 30.9 Å². The van der Waals surface area contributed by atoms with Crippen LogP contribution in [-0.2, 0) is 7.05 Å². The third-order valence-corrected chi connectivity index (χ3v) is 3.96. The summed E-state index contributed by atoms with van der Waals surface area (Å²) in [7, 11) is 1.79. The monoisotopic (exact) mass is 337 g/mol. The maximum Gasteiger partial charge on any atom is 0.261 e. The lowest BCUT2D eigenvalue weighted by atomic mass is 10.1. The minimum absolute atomic E-state index is 0.0606. The molecule has 2 N–H and O–H groups in total. The van der Waals surface area contributed by atoms with E-state index in [0.717, 1.165) is 11.1 Å². The molecule has 3 rings (SSSR count). The molecule has 1 aromatic carbocycles. The Hall–Kier alpha value is -3.22. The first kappa shape index (κ1) is 16.6. The van der Waals surface area contributed by atoms with E-state index in [9.17, 15) is 9.59 Å². The topological polar surface area (TPSA) is 92.7 Å². The smallest absolute Gasteiger partial charge is 0.261 e. The van der Waals surface area contributed by atoms with Crippen LogP contribution in [0.3, 0.4) is 0 Å². The zero-order valence-corrected chi connectivity index (χ0v) is 14.3. The zero-order chi connectivity index (χ0) is 18.0. The molecule has 0 saturated carbocycles. The van der Waals surface area contributed by atoms with E-state index in [0.29, 0.717) is 11.5 Å². The first-order valence-electron chi connectivity index (χ1n) is 7.91. The van der Waals surface area contributed by atoms with Crippen LogP contribution in [-0.4, -0.2) is 25.7 Å². The van der Waals surface area contributed by atoms with Gasteiger partial charge in [-0.05, 0) is 37.6 Å². The predicted molar refractivity (Wildman–Crippen MR) is 94.1 cm³/mol. The Morgan fingerprint density at radius 1 is 1.28 bits per heavy atom. The number of carbonyl (C=O) groups excluding carboxylic acids is 1. The highest BCUT2D eigenvalue weighted by Crippen LogP contribution is 2.17. The molecule has 25 heavy (non-hydrogen) atoms. The molecule has 2 aromatic heterocycles. The van der Waals surface area contributed by atoms with E-state index in [4.69, 9.17) is 0 Å². The molecule has 0 spiro atoms.